The summed E-state index contributed by atoms with van der Waals surface area (Å²) in [7, 11) is 0. The third-order valence-electron chi connectivity index (χ3n) is 6.90. The summed E-state index contributed by atoms with van der Waals surface area (Å²) in [6.45, 7) is -0.897. The molecule has 0 aliphatic carbocycles. The number of benzene rings is 2. The lowest BCUT2D eigenvalue weighted by Crippen LogP contribution is -2.34. The van der Waals surface area contributed by atoms with E-state index in [1.807, 2.05) is 0 Å². The zero-order valence-electron chi connectivity index (χ0n) is 22.2. The average Bonchev–Trinajstić information content (AvgIpc) is 3.51. The molecule has 1 aliphatic rings. The van der Waals surface area contributed by atoms with Gasteiger partial charge in [0, 0.05) is 47.4 Å². The fourth-order valence-electron chi connectivity index (χ4n) is 5.07. The Kier molecular flexibility index (Phi) is 8.49. The highest BCUT2D eigenvalue weighted by atomic mass is 32.2. The Labute approximate surface area is 245 Å². The van der Waals surface area contributed by atoms with Gasteiger partial charge in [-0.3, -0.25) is 19.3 Å². The first-order chi connectivity index (χ1) is 20.4. The van der Waals surface area contributed by atoms with Crippen molar-refractivity contribution in [1.82, 2.24) is 20.1 Å². The monoisotopic (exact) mass is 619 g/mol. The third-order valence-corrected chi connectivity index (χ3v) is 7.87. The summed E-state index contributed by atoms with van der Waals surface area (Å²) >= 11 is 1.30. The third kappa shape index (κ3) is 6.69. The van der Waals surface area contributed by atoms with Crippen LogP contribution in [0.3, 0.4) is 0 Å². The number of carbonyl (C=O) groups excluding carboxylic acids is 2. The van der Waals surface area contributed by atoms with Crippen molar-refractivity contribution in [2.24, 2.45) is 5.73 Å². The number of rotatable bonds is 9. The van der Waals surface area contributed by atoms with Crippen molar-refractivity contribution in [2.75, 3.05) is 6.54 Å². The van der Waals surface area contributed by atoms with Gasteiger partial charge in [-0.15, -0.1) is 0 Å². The molecule has 2 aromatic carbocycles. The normalized spacial score (nSPS) is 13.5. The van der Waals surface area contributed by atoms with Crippen LogP contribution in [0, 0.1) is 17.5 Å². The number of nitrogens with zero attached hydrogens (tertiary/aromatic N) is 3. The number of hydrogen-bond acceptors (Lipinski definition) is 5. The van der Waals surface area contributed by atoms with Crippen molar-refractivity contribution in [3.63, 3.8) is 0 Å². The summed E-state index contributed by atoms with van der Waals surface area (Å²) in [6, 6.07) is 9.83. The number of aromatic nitrogens is 3. The summed E-state index contributed by atoms with van der Waals surface area (Å²) < 4.78 is 84.3. The minimum Gasteiger partial charge on any atom is -0.366 e. The number of carbonyl (C=O) groups is 2. The standard InChI is InChI=1S/C29H23F6N5O2S/c30-18-7-15(8-19(31)10-18)6-17(26-20(2-1-5-37-26)16-3-4-23(32)21(9-16)28(36)42)11-38-25(41)12-40-27(29(33,34)35)22-13-43-14-24(22)39-40/h1-5,7-10,17H,6,11-14H2,(H2,36,42)(H,38,41)/t17-/m1/s1. The first kappa shape index (κ1) is 30.1. The number of nitrogens with two attached hydrogens (primary N) is 1. The number of halogens is 6. The summed E-state index contributed by atoms with van der Waals surface area (Å²) in [4.78, 5) is 29.1. The first-order valence-electron chi connectivity index (χ1n) is 12.9. The molecule has 3 heterocycles. The highest BCUT2D eigenvalue weighted by Gasteiger charge is 2.41. The number of pyridine rings is 1. The smallest absolute Gasteiger partial charge is 0.366 e. The van der Waals surface area contributed by atoms with Crippen LogP contribution in [-0.4, -0.2) is 33.1 Å². The Morgan fingerprint density at radius 1 is 1.05 bits per heavy atom. The van der Waals surface area contributed by atoms with E-state index in [1.165, 1.54) is 30.1 Å². The summed E-state index contributed by atoms with van der Waals surface area (Å²) in [5.74, 6) is -4.56. The van der Waals surface area contributed by atoms with E-state index in [9.17, 15) is 35.9 Å². The highest BCUT2D eigenvalue weighted by molar-refractivity contribution is 7.98. The molecule has 0 saturated heterocycles. The average molecular weight is 620 g/mol. The van der Waals surface area contributed by atoms with Gasteiger partial charge < -0.3 is 11.1 Å². The molecule has 3 N–H and O–H groups in total. The van der Waals surface area contributed by atoms with Crippen molar-refractivity contribution < 1.29 is 35.9 Å². The SMILES string of the molecule is NC(=O)c1cc(-c2cccnc2[C@@H](CNC(=O)Cn2nc3c(c2C(F)(F)F)CSC3)Cc2cc(F)cc(F)c2)ccc1F. The van der Waals surface area contributed by atoms with Crippen molar-refractivity contribution in [3.05, 3.63) is 106 Å². The number of primary amides is 1. The molecule has 2 aromatic heterocycles. The summed E-state index contributed by atoms with van der Waals surface area (Å²) in [5.41, 5.74) is 5.63. The van der Waals surface area contributed by atoms with Gasteiger partial charge in [-0.2, -0.15) is 30.0 Å². The van der Waals surface area contributed by atoms with Crippen LogP contribution >= 0.6 is 11.8 Å². The maximum atomic E-state index is 14.2. The van der Waals surface area contributed by atoms with Crippen LogP contribution < -0.4 is 11.1 Å². The Balaban J connectivity index is 1.46. The second-order valence-electron chi connectivity index (χ2n) is 9.90. The van der Waals surface area contributed by atoms with Crippen LogP contribution in [0.25, 0.3) is 11.1 Å². The number of alkyl halides is 3. The van der Waals surface area contributed by atoms with Crippen LogP contribution in [0.4, 0.5) is 26.3 Å². The number of hydrogen-bond donors (Lipinski definition) is 2. The van der Waals surface area contributed by atoms with Crippen molar-refractivity contribution in [3.8, 4) is 11.1 Å². The second-order valence-corrected chi connectivity index (χ2v) is 10.9. The van der Waals surface area contributed by atoms with E-state index in [0.717, 1.165) is 18.2 Å². The molecule has 4 aromatic rings. The molecule has 0 spiro atoms. The van der Waals surface area contributed by atoms with Gasteiger partial charge in [-0.25, -0.2) is 13.2 Å². The maximum absolute atomic E-state index is 14.2. The summed E-state index contributed by atoms with van der Waals surface area (Å²) in [5, 5.41) is 6.61. The molecule has 0 radical (unpaired) electrons. The van der Waals surface area contributed by atoms with E-state index in [4.69, 9.17) is 5.73 Å². The number of fused-ring (bicyclic) bond motifs is 1. The Morgan fingerprint density at radius 3 is 2.49 bits per heavy atom. The van der Waals surface area contributed by atoms with E-state index in [0.29, 0.717) is 33.3 Å². The quantitative estimate of drug-likeness (QED) is 0.246. The maximum Gasteiger partial charge on any atom is 0.433 e. The topological polar surface area (TPSA) is 103 Å². The zero-order valence-corrected chi connectivity index (χ0v) is 23.0. The van der Waals surface area contributed by atoms with Crippen LogP contribution in [0.2, 0.25) is 0 Å². The molecule has 0 bridgehead atoms. The van der Waals surface area contributed by atoms with E-state index in [2.05, 4.69) is 15.4 Å². The van der Waals surface area contributed by atoms with Crippen LogP contribution in [-0.2, 0) is 35.4 Å². The van der Waals surface area contributed by atoms with Crippen molar-refractivity contribution >= 4 is 23.6 Å². The minimum atomic E-state index is -4.71. The molecule has 7 nitrogen and oxygen atoms in total. The van der Waals surface area contributed by atoms with Crippen LogP contribution in [0.15, 0.2) is 54.7 Å². The molecule has 0 unspecified atom stereocenters. The number of thioether (sulfide) groups is 1. The molecule has 1 aliphatic heterocycles. The molecule has 0 fully saturated rings. The number of nitrogens with one attached hydrogen (secondary N) is 1. The van der Waals surface area contributed by atoms with Gasteiger partial charge in [-0.1, -0.05) is 12.1 Å². The van der Waals surface area contributed by atoms with Gasteiger partial charge in [0.1, 0.15) is 29.7 Å². The van der Waals surface area contributed by atoms with Gasteiger partial charge in [0.15, 0.2) is 0 Å². The van der Waals surface area contributed by atoms with Gasteiger partial charge in [-0.05, 0) is 47.9 Å². The van der Waals surface area contributed by atoms with E-state index in [-0.39, 0.29) is 41.1 Å². The Bertz CT molecular complexity index is 1690. The molecule has 224 valence electrons. The van der Waals surface area contributed by atoms with Crippen LogP contribution in [0.1, 0.15) is 44.5 Å². The molecule has 1 atom stereocenters. The second kappa shape index (κ2) is 12.1. The molecule has 14 heteroatoms. The molecule has 0 saturated carbocycles. The van der Waals surface area contributed by atoms with Crippen molar-refractivity contribution in [2.45, 2.75) is 36.6 Å². The summed E-state index contributed by atoms with van der Waals surface area (Å²) in [6.07, 6.45) is -3.31. The predicted molar refractivity (Wildman–Crippen MR) is 146 cm³/mol. The fraction of sp³-hybridized carbons (Fsp3) is 0.241. The highest BCUT2D eigenvalue weighted by Crippen LogP contribution is 2.40. The van der Waals surface area contributed by atoms with Crippen molar-refractivity contribution in [1.29, 1.82) is 0 Å². The lowest BCUT2D eigenvalue weighted by atomic mass is 9.89. The van der Waals surface area contributed by atoms with Gasteiger partial charge in [0.05, 0.1) is 17.0 Å². The van der Waals surface area contributed by atoms with E-state index >= 15 is 0 Å². The van der Waals surface area contributed by atoms with E-state index < -0.39 is 53.6 Å². The number of amides is 2. The Morgan fingerprint density at radius 2 is 1.79 bits per heavy atom. The lowest BCUT2D eigenvalue weighted by Gasteiger charge is -2.21. The van der Waals surface area contributed by atoms with Gasteiger partial charge >= 0.3 is 6.18 Å². The first-order valence-corrected chi connectivity index (χ1v) is 14.1. The molecule has 43 heavy (non-hydrogen) atoms. The van der Waals surface area contributed by atoms with Gasteiger partial charge in [0.25, 0.3) is 5.91 Å². The van der Waals surface area contributed by atoms with Crippen LogP contribution in [0.5, 0.6) is 0 Å². The fourth-order valence-corrected chi connectivity index (χ4v) is 6.11. The molecular formula is C29H23F6N5O2S. The van der Waals surface area contributed by atoms with Gasteiger partial charge in [0.2, 0.25) is 5.91 Å². The zero-order chi connectivity index (χ0) is 30.9. The molecule has 2 amide bonds. The minimum absolute atomic E-state index is 0.0378. The Hall–Kier alpha value is -4.33. The largest absolute Gasteiger partial charge is 0.433 e. The predicted octanol–water partition coefficient (Wildman–Crippen LogP) is 5.37. The molecule has 5 rings (SSSR count). The molecular weight excluding hydrogens is 596 g/mol. The lowest BCUT2D eigenvalue weighted by molar-refractivity contribution is -0.145. The van der Waals surface area contributed by atoms with E-state index in [1.54, 1.807) is 12.1 Å².